The summed E-state index contributed by atoms with van der Waals surface area (Å²) in [5.74, 6) is 2.89. The lowest BCUT2D eigenvalue weighted by Crippen LogP contribution is -2.40. The first kappa shape index (κ1) is 16.1. The predicted molar refractivity (Wildman–Crippen MR) is 105 cm³/mol. The summed E-state index contributed by atoms with van der Waals surface area (Å²) in [6.07, 6.45) is 5.59. The van der Waals surface area contributed by atoms with E-state index < -0.39 is 0 Å². The van der Waals surface area contributed by atoms with E-state index in [0.29, 0.717) is 23.3 Å². The molecular weight excluding hydrogens is 350 g/mol. The molecule has 2 aromatic rings. The van der Waals surface area contributed by atoms with Gasteiger partial charge in [0.2, 0.25) is 11.8 Å². The first-order chi connectivity index (χ1) is 13.6. The molecule has 28 heavy (non-hydrogen) atoms. The van der Waals surface area contributed by atoms with Crippen LogP contribution >= 0.6 is 0 Å². The van der Waals surface area contributed by atoms with Gasteiger partial charge in [0.05, 0.1) is 17.5 Å². The molecule has 2 amide bonds. The van der Waals surface area contributed by atoms with Crippen molar-refractivity contribution in [1.29, 1.82) is 0 Å². The van der Waals surface area contributed by atoms with Gasteiger partial charge in [-0.2, -0.15) is 0 Å². The minimum atomic E-state index is -0.158. The Hall–Kier alpha value is -2.88. The summed E-state index contributed by atoms with van der Waals surface area (Å²) >= 11 is 0. The van der Waals surface area contributed by atoms with Crippen LogP contribution in [0.25, 0.3) is 0 Å². The van der Waals surface area contributed by atoms with Gasteiger partial charge < -0.3 is 4.74 Å². The highest BCUT2D eigenvalue weighted by Gasteiger charge is 2.67. The minimum Gasteiger partial charge on any atom is -0.457 e. The van der Waals surface area contributed by atoms with Gasteiger partial charge >= 0.3 is 0 Å². The molecule has 7 rings (SSSR count). The summed E-state index contributed by atoms with van der Waals surface area (Å²) < 4.78 is 5.94. The molecule has 4 aliphatic carbocycles. The number of imide groups is 1. The summed E-state index contributed by atoms with van der Waals surface area (Å²) in [5, 5.41) is 0. The van der Waals surface area contributed by atoms with Crippen molar-refractivity contribution in [2.75, 3.05) is 4.90 Å². The SMILES string of the molecule is Cc1ccccc1Oc1ccc(N2C(=O)[C@@H]3[C@H]4C=C[C@@H]([C@@H]5C[C@@H]45)[C@H]3C2=O)cc1. The van der Waals surface area contributed by atoms with Crippen LogP contribution in [0.4, 0.5) is 5.69 Å². The van der Waals surface area contributed by atoms with Gasteiger partial charge in [0, 0.05) is 0 Å². The van der Waals surface area contributed by atoms with E-state index in [-0.39, 0.29) is 35.5 Å². The Bertz CT molecular complexity index is 988. The van der Waals surface area contributed by atoms with E-state index in [2.05, 4.69) is 12.2 Å². The third-order valence-electron chi connectivity index (χ3n) is 7.08. The van der Waals surface area contributed by atoms with E-state index in [1.54, 1.807) is 0 Å². The van der Waals surface area contributed by atoms with Gasteiger partial charge in [0.1, 0.15) is 11.5 Å². The second kappa shape index (κ2) is 5.57. The zero-order valence-electron chi connectivity index (χ0n) is 15.6. The number of amides is 2. The van der Waals surface area contributed by atoms with Crippen molar-refractivity contribution in [1.82, 2.24) is 0 Å². The molecule has 2 aromatic carbocycles. The van der Waals surface area contributed by atoms with Crippen molar-refractivity contribution < 1.29 is 14.3 Å². The fraction of sp³-hybridized carbons (Fsp3) is 0.333. The number of hydrogen-bond acceptors (Lipinski definition) is 3. The van der Waals surface area contributed by atoms with Crippen molar-refractivity contribution in [3.05, 3.63) is 66.2 Å². The number of rotatable bonds is 3. The molecule has 1 saturated heterocycles. The van der Waals surface area contributed by atoms with Crippen LogP contribution in [-0.2, 0) is 9.59 Å². The molecule has 1 heterocycles. The molecular formula is C24H21NO3. The van der Waals surface area contributed by atoms with Crippen molar-refractivity contribution in [3.63, 3.8) is 0 Å². The van der Waals surface area contributed by atoms with Crippen LogP contribution in [-0.4, -0.2) is 11.8 Å². The van der Waals surface area contributed by atoms with Crippen LogP contribution in [0.15, 0.2) is 60.7 Å². The highest BCUT2D eigenvalue weighted by molar-refractivity contribution is 6.22. The lowest BCUT2D eigenvalue weighted by molar-refractivity contribution is -0.124. The van der Waals surface area contributed by atoms with Crippen LogP contribution in [0.1, 0.15) is 12.0 Å². The lowest BCUT2D eigenvalue weighted by Gasteiger charge is -2.37. The largest absolute Gasteiger partial charge is 0.457 e. The second-order valence-electron chi connectivity index (χ2n) is 8.53. The molecule has 0 aromatic heterocycles. The van der Waals surface area contributed by atoms with Crippen LogP contribution in [0, 0.1) is 42.4 Å². The normalized spacial score (nSPS) is 34.4. The molecule has 2 saturated carbocycles. The average molecular weight is 371 g/mol. The number of carbonyl (C=O) groups is 2. The molecule has 6 atom stereocenters. The Morgan fingerprint density at radius 1 is 0.857 bits per heavy atom. The summed E-state index contributed by atoms with van der Waals surface area (Å²) in [6, 6.07) is 15.1. The number of para-hydroxylation sites is 1. The van der Waals surface area contributed by atoms with E-state index in [0.717, 1.165) is 11.3 Å². The van der Waals surface area contributed by atoms with E-state index in [1.807, 2.05) is 55.5 Å². The number of anilines is 1. The predicted octanol–water partition coefficient (Wildman–Crippen LogP) is 4.34. The average Bonchev–Trinajstić information content (AvgIpc) is 3.49. The van der Waals surface area contributed by atoms with Crippen LogP contribution in [0.5, 0.6) is 11.5 Å². The summed E-state index contributed by atoms with van der Waals surface area (Å²) in [6.45, 7) is 2.00. The topological polar surface area (TPSA) is 46.6 Å². The number of hydrogen-bond donors (Lipinski definition) is 0. The molecule has 4 heteroatoms. The standard InChI is InChI=1S/C24H21NO3/c1-13-4-2-3-5-20(13)28-15-8-6-14(7-9-15)25-23(26)21-16-10-11-17(19-12-18(16)19)22(21)24(25)27/h2-11,16-19,21-22H,12H2,1H3/t16-,17-,18-,19-,21+,22+/m0/s1. The lowest BCUT2D eigenvalue weighted by atomic mass is 9.63. The zero-order valence-corrected chi connectivity index (χ0v) is 15.6. The third kappa shape index (κ3) is 2.12. The number of benzene rings is 2. The Kier molecular flexibility index (Phi) is 3.20. The molecule has 140 valence electrons. The van der Waals surface area contributed by atoms with Crippen molar-refractivity contribution in [3.8, 4) is 11.5 Å². The molecule has 5 aliphatic rings. The van der Waals surface area contributed by atoms with Gasteiger partial charge in [-0.25, -0.2) is 0 Å². The molecule has 1 aliphatic heterocycles. The third-order valence-corrected chi connectivity index (χ3v) is 7.08. The van der Waals surface area contributed by atoms with E-state index in [4.69, 9.17) is 4.74 Å². The number of aryl methyl sites for hydroxylation is 1. The first-order valence-corrected chi connectivity index (χ1v) is 10.0. The van der Waals surface area contributed by atoms with E-state index in [1.165, 1.54) is 11.3 Å². The quantitative estimate of drug-likeness (QED) is 0.595. The summed E-state index contributed by atoms with van der Waals surface area (Å²) in [4.78, 5) is 27.8. The van der Waals surface area contributed by atoms with Gasteiger partial charge in [-0.05, 0) is 72.9 Å². The Balaban J connectivity index is 1.27. The molecule has 4 nitrogen and oxygen atoms in total. The Morgan fingerprint density at radius 3 is 2.07 bits per heavy atom. The molecule has 0 unspecified atom stereocenters. The highest BCUT2D eigenvalue weighted by atomic mass is 16.5. The van der Waals surface area contributed by atoms with E-state index >= 15 is 0 Å². The maximum atomic E-state index is 13.2. The molecule has 2 bridgehead atoms. The number of nitrogens with zero attached hydrogens (tertiary/aromatic N) is 1. The number of carbonyl (C=O) groups excluding carboxylic acids is 2. The molecule has 0 N–H and O–H groups in total. The van der Waals surface area contributed by atoms with E-state index in [9.17, 15) is 9.59 Å². The van der Waals surface area contributed by atoms with Gasteiger partial charge in [-0.3, -0.25) is 14.5 Å². The maximum Gasteiger partial charge on any atom is 0.238 e. The Labute approximate surface area is 163 Å². The number of ether oxygens (including phenoxy) is 1. The second-order valence-corrected chi connectivity index (χ2v) is 8.53. The van der Waals surface area contributed by atoms with Crippen LogP contribution in [0.3, 0.4) is 0 Å². The fourth-order valence-corrected chi connectivity index (χ4v) is 5.67. The van der Waals surface area contributed by atoms with Gasteiger partial charge in [-0.15, -0.1) is 0 Å². The van der Waals surface area contributed by atoms with Crippen LogP contribution in [0.2, 0.25) is 0 Å². The first-order valence-electron chi connectivity index (χ1n) is 10.0. The molecule has 0 radical (unpaired) electrons. The van der Waals surface area contributed by atoms with Crippen molar-refractivity contribution in [2.24, 2.45) is 35.5 Å². The Morgan fingerprint density at radius 2 is 1.46 bits per heavy atom. The smallest absolute Gasteiger partial charge is 0.238 e. The van der Waals surface area contributed by atoms with Gasteiger partial charge in [-0.1, -0.05) is 30.4 Å². The van der Waals surface area contributed by atoms with Crippen molar-refractivity contribution >= 4 is 17.5 Å². The minimum absolute atomic E-state index is 0.0210. The van der Waals surface area contributed by atoms with Crippen molar-refractivity contribution in [2.45, 2.75) is 13.3 Å². The highest BCUT2D eigenvalue weighted by Crippen LogP contribution is 2.65. The number of allylic oxidation sites excluding steroid dienone is 2. The van der Waals surface area contributed by atoms with Gasteiger partial charge in [0.15, 0.2) is 0 Å². The zero-order chi connectivity index (χ0) is 19.0. The summed E-state index contributed by atoms with van der Waals surface area (Å²) in [5.41, 5.74) is 1.71. The monoisotopic (exact) mass is 371 g/mol. The summed E-state index contributed by atoms with van der Waals surface area (Å²) in [7, 11) is 0. The molecule has 3 fully saturated rings. The maximum absolute atomic E-state index is 13.2. The van der Waals surface area contributed by atoms with Gasteiger partial charge in [0.25, 0.3) is 0 Å². The molecule has 0 spiro atoms. The van der Waals surface area contributed by atoms with Crippen LogP contribution < -0.4 is 9.64 Å². The fourth-order valence-electron chi connectivity index (χ4n) is 5.67.